The highest BCUT2D eigenvalue weighted by Crippen LogP contribution is 2.32. The smallest absolute Gasteiger partial charge is 0.129 e. The summed E-state index contributed by atoms with van der Waals surface area (Å²) in [6.45, 7) is 10.1. The first kappa shape index (κ1) is 18.8. The fraction of sp³-hybridized carbons (Fsp3) is 0.600. The van der Waals surface area contributed by atoms with E-state index in [-0.39, 0.29) is 11.7 Å². The van der Waals surface area contributed by atoms with Crippen molar-refractivity contribution >= 4 is 10.9 Å². The number of benzene rings is 1. The van der Waals surface area contributed by atoms with Crippen LogP contribution in [0.25, 0.3) is 10.9 Å². The quantitative estimate of drug-likeness (QED) is 0.746. The van der Waals surface area contributed by atoms with Gasteiger partial charge in [-0.2, -0.15) is 0 Å². The van der Waals surface area contributed by atoms with Crippen molar-refractivity contribution in [3.05, 3.63) is 30.0 Å². The number of ether oxygens (including phenoxy) is 2. The molecule has 0 unspecified atom stereocenters. The van der Waals surface area contributed by atoms with Crippen LogP contribution in [0.5, 0.6) is 5.75 Å². The maximum absolute atomic E-state index is 6.39. The molecule has 24 heavy (non-hydrogen) atoms. The third kappa shape index (κ3) is 5.25. The monoisotopic (exact) mass is 332 g/mol. The van der Waals surface area contributed by atoms with Gasteiger partial charge in [-0.15, -0.1) is 0 Å². The second kappa shape index (κ2) is 8.04. The van der Waals surface area contributed by atoms with Crippen LogP contribution in [-0.4, -0.2) is 48.8 Å². The molecule has 0 aliphatic rings. The summed E-state index contributed by atoms with van der Waals surface area (Å²) < 4.78 is 12.1. The molecule has 0 amide bonds. The molecule has 0 fully saturated rings. The minimum absolute atomic E-state index is 0.256. The highest BCUT2D eigenvalue weighted by molar-refractivity contribution is 5.89. The molecule has 4 nitrogen and oxygen atoms in total. The van der Waals surface area contributed by atoms with Crippen molar-refractivity contribution in [2.75, 3.05) is 27.2 Å². The largest absolute Gasteiger partial charge is 0.487 e. The first-order valence-electron chi connectivity index (χ1n) is 8.83. The van der Waals surface area contributed by atoms with E-state index in [9.17, 15) is 0 Å². The normalized spacial score (nSPS) is 12.5. The van der Waals surface area contributed by atoms with Crippen molar-refractivity contribution in [2.24, 2.45) is 0 Å². The third-order valence-corrected chi connectivity index (χ3v) is 4.12. The van der Waals surface area contributed by atoms with E-state index in [2.05, 4.69) is 70.0 Å². The Morgan fingerprint density at radius 2 is 1.96 bits per heavy atom. The third-order valence-electron chi connectivity index (χ3n) is 4.12. The molecular weight excluding hydrogens is 300 g/mol. The van der Waals surface area contributed by atoms with Crippen LogP contribution in [-0.2, 0) is 11.2 Å². The number of H-pyrrole nitrogens is 1. The summed E-state index contributed by atoms with van der Waals surface area (Å²) >= 11 is 0. The van der Waals surface area contributed by atoms with Crippen molar-refractivity contribution < 1.29 is 9.47 Å². The van der Waals surface area contributed by atoms with Gasteiger partial charge in [0.25, 0.3) is 0 Å². The maximum Gasteiger partial charge on any atom is 0.129 e. The van der Waals surface area contributed by atoms with E-state index in [1.165, 1.54) is 10.9 Å². The molecule has 4 heteroatoms. The number of hydrogen-bond donors (Lipinski definition) is 1. The molecule has 1 aromatic carbocycles. The number of aromatic amines is 1. The molecule has 0 saturated carbocycles. The van der Waals surface area contributed by atoms with Gasteiger partial charge >= 0.3 is 0 Å². The molecule has 2 rings (SSSR count). The van der Waals surface area contributed by atoms with E-state index < -0.39 is 0 Å². The van der Waals surface area contributed by atoms with Crippen LogP contribution < -0.4 is 4.74 Å². The average Bonchev–Trinajstić information content (AvgIpc) is 2.88. The lowest BCUT2D eigenvalue weighted by Crippen LogP contribution is -2.30. The molecule has 0 atom stereocenters. The number of fused-ring (bicyclic) bond motifs is 1. The maximum atomic E-state index is 6.39. The Labute approximate surface area is 146 Å². The summed E-state index contributed by atoms with van der Waals surface area (Å²) in [5.74, 6) is 0.956. The second-order valence-electron chi connectivity index (χ2n) is 7.58. The fourth-order valence-corrected chi connectivity index (χ4v) is 2.74. The first-order valence-corrected chi connectivity index (χ1v) is 8.83. The van der Waals surface area contributed by atoms with E-state index in [1.807, 2.05) is 6.07 Å². The number of likely N-dealkylation sites (N-methyl/N-ethyl adjacent to an activating group) is 1. The molecule has 0 bridgehead atoms. The SMILES string of the molecule is CC(C)OCCC(C)(C)Oc1cccc2[nH]cc(CCN(C)C)c12. The number of rotatable bonds is 9. The van der Waals surface area contributed by atoms with E-state index in [0.717, 1.165) is 30.7 Å². The number of aromatic nitrogens is 1. The predicted octanol–water partition coefficient (Wildman–Crippen LogP) is 4.24. The molecule has 0 radical (unpaired) electrons. The van der Waals surface area contributed by atoms with Gasteiger partial charge in [0.15, 0.2) is 0 Å². The van der Waals surface area contributed by atoms with Crippen LogP contribution in [0.1, 0.15) is 39.7 Å². The second-order valence-corrected chi connectivity index (χ2v) is 7.58. The van der Waals surface area contributed by atoms with Gasteiger partial charge in [-0.3, -0.25) is 0 Å². The lowest BCUT2D eigenvalue weighted by atomic mass is 10.0. The van der Waals surface area contributed by atoms with Crippen molar-refractivity contribution in [3.8, 4) is 5.75 Å². The topological polar surface area (TPSA) is 37.5 Å². The van der Waals surface area contributed by atoms with Gasteiger partial charge in [-0.25, -0.2) is 0 Å². The Balaban J connectivity index is 2.16. The summed E-state index contributed by atoms with van der Waals surface area (Å²) in [6, 6.07) is 6.22. The van der Waals surface area contributed by atoms with Crippen LogP contribution in [0.3, 0.4) is 0 Å². The minimum atomic E-state index is -0.265. The van der Waals surface area contributed by atoms with Gasteiger partial charge in [0.2, 0.25) is 0 Å². The van der Waals surface area contributed by atoms with Gasteiger partial charge < -0.3 is 19.4 Å². The number of nitrogens with one attached hydrogen (secondary N) is 1. The zero-order valence-electron chi connectivity index (χ0n) is 16.0. The van der Waals surface area contributed by atoms with E-state index >= 15 is 0 Å². The van der Waals surface area contributed by atoms with Crippen molar-refractivity contribution in [1.82, 2.24) is 9.88 Å². The van der Waals surface area contributed by atoms with E-state index in [4.69, 9.17) is 9.47 Å². The molecular formula is C20H32N2O2. The summed E-state index contributed by atoms with van der Waals surface area (Å²) in [4.78, 5) is 5.58. The first-order chi connectivity index (χ1) is 11.3. The molecule has 1 N–H and O–H groups in total. The highest BCUT2D eigenvalue weighted by Gasteiger charge is 2.22. The summed E-state index contributed by atoms with van der Waals surface area (Å²) in [5, 5.41) is 1.21. The van der Waals surface area contributed by atoms with Crippen LogP contribution >= 0.6 is 0 Å². The lowest BCUT2D eigenvalue weighted by molar-refractivity contribution is 0.0238. The molecule has 1 heterocycles. The van der Waals surface area contributed by atoms with E-state index in [0.29, 0.717) is 6.61 Å². The zero-order chi connectivity index (χ0) is 17.7. The van der Waals surface area contributed by atoms with Crippen LogP contribution in [0.2, 0.25) is 0 Å². The molecule has 0 aliphatic heterocycles. The Morgan fingerprint density at radius 3 is 2.62 bits per heavy atom. The molecule has 1 aromatic heterocycles. The summed E-state index contributed by atoms with van der Waals surface area (Å²) in [6.07, 6.45) is 4.23. The van der Waals surface area contributed by atoms with Gasteiger partial charge in [0.05, 0.1) is 12.7 Å². The lowest BCUT2D eigenvalue weighted by Gasteiger charge is -2.27. The zero-order valence-corrected chi connectivity index (χ0v) is 16.0. The Hall–Kier alpha value is -1.52. The minimum Gasteiger partial charge on any atom is -0.487 e. The van der Waals surface area contributed by atoms with Crippen molar-refractivity contribution in [1.29, 1.82) is 0 Å². The highest BCUT2D eigenvalue weighted by atomic mass is 16.5. The fourth-order valence-electron chi connectivity index (χ4n) is 2.74. The molecule has 134 valence electrons. The van der Waals surface area contributed by atoms with Gasteiger partial charge in [-0.05, 0) is 65.9 Å². The molecule has 0 saturated heterocycles. The van der Waals surface area contributed by atoms with E-state index in [1.54, 1.807) is 0 Å². The Kier molecular flexibility index (Phi) is 6.30. The molecule has 0 aliphatic carbocycles. The van der Waals surface area contributed by atoms with Crippen molar-refractivity contribution in [2.45, 2.75) is 52.2 Å². The predicted molar refractivity (Wildman–Crippen MR) is 101 cm³/mol. The van der Waals surface area contributed by atoms with Gasteiger partial charge in [-0.1, -0.05) is 6.07 Å². The summed E-state index contributed by atoms with van der Waals surface area (Å²) in [5.41, 5.74) is 2.18. The number of hydrogen-bond acceptors (Lipinski definition) is 3. The van der Waals surface area contributed by atoms with Crippen LogP contribution in [0.15, 0.2) is 24.4 Å². The van der Waals surface area contributed by atoms with Gasteiger partial charge in [0, 0.05) is 30.1 Å². The number of nitrogens with zero attached hydrogens (tertiary/aromatic N) is 1. The molecule has 0 spiro atoms. The van der Waals surface area contributed by atoms with Crippen LogP contribution in [0, 0.1) is 0 Å². The Morgan fingerprint density at radius 1 is 1.21 bits per heavy atom. The van der Waals surface area contributed by atoms with Crippen molar-refractivity contribution in [3.63, 3.8) is 0 Å². The summed E-state index contributed by atoms with van der Waals surface area (Å²) in [7, 11) is 4.20. The van der Waals surface area contributed by atoms with Gasteiger partial charge in [0.1, 0.15) is 11.4 Å². The molecule has 2 aromatic rings. The Bertz CT molecular complexity index is 644. The standard InChI is InChI=1S/C20H32N2O2/c1-15(2)23-13-11-20(3,4)24-18-9-7-8-17-19(18)16(14-21-17)10-12-22(5)6/h7-9,14-15,21H,10-13H2,1-6H3. The average molecular weight is 332 g/mol. The van der Waals surface area contributed by atoms with Crippen LogP contribution in [0.4, 0.5) is 0 Å².